The molecule has 2 fully saturated rings. The Kier molecular flexibility index (Phi) is 3.18. The molecule has 0 bridgehead atoms. The Labute approximate surface area is 128 Å². The highest BCUT2D eigenvalue weighted by molar-refractivity contribution is 5.95. The predicted molar refractivity (Wildman–Crippen MR) is 81.5 cm³/mol. The first-order valence-electron chi connectivity index (χ1n) is 7.72. The number of amides is 1. The van der Waals surface area contributed by atoms with E-state index in [1.54, 1.807) is 11.0 Å². The second-order valence-corrected chi connectivity index (χ2v) is 6.27. The molecule has 3 unspecified atom stereocenters. The van der Waals surface area contributed by atoms with Gasteiger partial charge in [0.1, 0.15) is 12.7 Å². The van der Waals surface area contributed by atoms with E-state index in [1.165, 1.54) is 6.33 Å². The minimum absolute atomic E-state index is 0.0866. The summed E-state index contributed by atoms with van der Waals surface area (Å²) < 4.78 is 1.66. The number of carbonyl (C=O) groups is 1. The highest BCUT2D eigenvalue weighted by Gasteiger charge is 2.42. The Morgan fingerprint density at radius 2 is 2.18 bits per heavy atom. The highest BCUT2D eigenvalue weighted by Crippen LogP contribution is 2.37. The van der Waals surface area contributed by atoms with Crippen LogP contribution >= 0.6 is 0 Å². The number of rotatable bonds is 2. The fraction of sp³-hybridized carbons (Fsp3) is 0.438. The summed E-state index contributed by atoms with van der Waals surface area (Å²) >= 11 is 0. The van der Waals surface area contributed by atoms with Crippen LogP contribution in [0.25, 0.3) is 5.69 Å². The standard InChI is InChI=1S/C16H19N5O/c17-15-5-4-12-7-20(8-14(12)15)16(22)11-2-1-3-13(6-11)21-10-18-9-19-21/h1-3,6,9-10,12,14-15H,4-5,7-8,17H2. The van der Waals surface area contributed by atoms with Crippen LogP contribution in [0.1, 0.15) is 23.2 Å². The highest BCUT2D eigenvalue weighted by atomic mass is 16.2. The van der Waals surface area contributed by atoms with Gasteiger partial charge in [0.05, 0.1) is 5.69 Å². The molecule has 6 nitrogen and oxygen atoms in total. The van der Waals surface area contributed by atoms with Gasteiger partial charge in [-0.25, -0.2) is 9.67 Å². The van der Waals surface area contributed by atoms with Crippen LogP contribution in [-0.4, -0.2) is 44.7 Å². The lowest BCUT2D eigenvalue weighted by Gasteiger charge is -2.19. The summed E-state index contributed by atoms with van der Waals surface area (Å²) in [4.78, 5) is 18.6. The number of fused-ring (bicyclic) bond motifs is 1. The van der Waals surface area contributed by atoms with Gasteiger partial charge in [0.15, 0.2) is 0 Å². The van der Waals surface area contributed by atoms with Crippen molar-refractivity contribution in [2.45, 2.75) is 18.9 Å². The largest absolute Gasteiger partial charge is 0.338 e. The van der Waals surface area contributed by atoms with Crippen LogP contribution in [0.15, 0.2) is 36.9 Å². The maximum absolute atomic E-state index is 12.7. The molecule has 1 saturated carbocycles. The number of hydrogen-bond acceptors (Lipinski definition) is 4. The van der Waals surface area contributed by atoms with Gasteiger partial charge in [-0.3, -0.25) is 4.79 Å². The van der Waals surface area contributed by atoms with E-state index < -0.39 is 0 Å². The number of benzene rings is 1. The van der Waals surface area contributed by atoms with Gasteiger partial charge in [-0.2, -0.15) is 5.10 Å². The lowest BCUT2D eigenvalue weighted by molar-refractivity contribution is 0.0779. The zero-order chi connectivity index (χ0) is 15.1. The molecule has 2 aromatic rings. The van der Waals surface area contributed by atoms with Crippen LogP contribution in [0.5, 0.6) is 0 Å². The molecule has 1 aliphatic carbocycles. The van der Waals surface area contributed by atoms with Gasteiger partial charge >= 0.3 is 0 Å². The first-order chi connectivity index (χ1) is 10.7. The Balaban J connectivity index is 1.55. The van der Waals surface area contributed by atoms with Gasteiger partial charge in [-0.1, -0.05) is 6.07 Å². The van der Waals surface area contributed by atoms with Crippen molar-refractivity contribution < 1.29 is 4.79 Å². The van der Waals surface area contributed by atoms with Crippen molar-refractivity contribution in [3.05, 3.63) is 42.5 Å². The van der Waals surface area contributed by atoms with Crippen molar-refractivity contribution in [1.82, 2.24) is 19.7 Å². The van der Waals surface area contributed by atoms with Gasteiger partial charge in [-0.15, -0.1) is 0 Å². The first kappa shape index (κ1) is 13.5. The Bertz CT molecular complexity index is 684. The van der Waals surface area contributed by atoms with E-state index in [1.807, 2.05) is 29.2 Å². The van der Waals surface area contributed by atoms with Crippen molar-refractivity contribution in [1.29, 1.82) is 0 Å². The van der Waals surface area contributed by atoms with Gasteiger partial charge in [-0.05, 0) is 42.9 Å². The van der Waals surface area contributed by atoms with E-state index in [0.29, 0.717) is 17.4 Å². The number of likely N-dealkylation sites (tertiary alicyclic amines) is 1. The number of nitrogens with two attached hydrogens (primary N) is 1. The molecule has 114 valence electrons. The molecule has 2 aliphatic rings. The van der Waals surface area contributed by atoms with E-state index in [4.69, 9.17) is 5.73 Å². The van der Waals surface area contributed by atoms with Crippen molar-refractivity contribution in [2.24, 2.45) is 17.6 Å². The molecular formula is C16H19N5O. The van der Waals surface area contributed by atoms with Crippen LogP contribution in [0.4, 0.5) is 0 Å². The molecule has 4 rings (SSSR count). The van der Waals surface area contributed by atoms with Crippen LogP contribution in [-0.2, 0) is 0 Å². The van der Waals surface area contributed by atoms with Crippen LogP contribution in [0, 0.1) is 11.8 Å². The molecule has 2 N–H and O–H groups in total. The van der Waals surface area contributed by atoms with Crippen molar-refractivity contribution >= 4 is 5.91 Å². The van der Waals surface area contributed by atoms with Crippen molar-refractivity contribution in [2.75, 3.05) is 13.1 Å². The van der Waals surface area contributed by atoms with Gasteiger partial charge in [0.25, 0.3) is 5.91 Å². The van der Waals surface area contributed by atoms with Crippen LogP contribution in [0.3, 0.4) is 0 Å². The summed E-state index contributed by atoms with van der Waals surface area (Å²) in [6, 6.07) is 7.78. The fourth-order valence-electron chi connectivity index (χ4n) is 3.78. The molecule has 22 heavy (non-hydrogen) atoms. The van der Waals surface area contributed by atoms with E-state index in [0.717, 1.165) is 31.6 Å². The summed E-state index contributed by atoms with van der Waals surface area (Å²) in [5.41, 5.74) is 7.70. The van der Waals surface area contributed by atoms with Crippen molar-refractivity contribution in [3.8, 4) is 5.69 Å². The molecule has 0 spiro atoms. The van der Waals surface area contributed by atoms with E-state index in [9.17, 15) is 4.79 Å². The Morgan fingerprint density at radius 1 is 1.27 bits per heavy atom. The summed E-state index contributed by atoms with van der Waals surface area (Å²) in [6.07, 6.45) is 5.36. The normalized spacial score (nSPS) is 27.1. The summed E-state index contributed by atoms with van der Waals surface area (Å²) in [5.74, 6) is 1.14. The summed E-state index contributed by atoms with van der Waals surface area (Å²) in [5, 5.41) is 4.11. The molecule has 0 radical (unpaired) electrons. The summed E-state index contributed by atoms with van der Waals surface area (Å²) in [6.45, 7) is 1.63. The fourth-order valence-corrected chi connectivity index (χ4v) is 3.78. The van der Waals surface area contributed by atoms with Crippen LogP contribution in [0.2, 0.25) is 0 Å². The molecule has 3 atom stereocenters. The van der Waals surface area contributed by atoms with E-state index >= 15 is 0 Å². The number of aromatic nitrogens is 3. The molecule has 1 amide bonds. The molecule has 1 aliphatic heterocycles. The third-order valence-electron chi connectivity index (χ3n) is 4.98. The second kappa shape index (κ2) is 5.21. The predicted octanol–water partition coefficient (Wildman–Crippen LogP) is 1.08. The molecule has 2 heterocycles. The zero-order valence-corrected chi connectivity index (χ0v) is 12.3. The molecule has 1 aromatic carbocycles. The molecule has 1 aromatic heterocycles. The quantitative estimate of drug-likeness (QED) is 0.899. The zero-order valence-electron chi connectivity index (χ0n) is 12.3. The van der Waals surface area contributed by atoms with Gasteiger partial charge < -0.3 is 10.6 Å². The second-order valence-electron chi connectivity index (χ2n) is 6.27. The number of nitrogens with zero attached hydrogens (tertiary/aromatic N) is 4. The Hall–Kier alpha value is -2.21. The number of carbonyl (C=O) groups excluding carboxylic acids is 1. The molecule has 6 heteroatoms. The maximum Gasteiger partial charge on any atom is 0.253 e. The van der Waals surface area contributed by atoms with Gasteiger partial charge in [0, 0.05) is 24.7 Å². The smallest absolute Gasteiger partial charge is 0.253 e. The third kappa shape index (κ3) is 2.20. The van der Waals surface area contributed by atoms with Crippen LogP contribution < -0.4 is 5.73 Å². The lowest BCUT2D eigenvalue weighted by atomic mass is 9.98. The monoisotopic (exact) mass is 297 g/mol. The maximum atomic E-state index is 12.7. The average Bonchev–Trinajstić information content (AvgIpc) is 3.25. The molecule has 1 saturated heterocycles. The van der Waals surface area contributed by atoms with Gasteiger partial charge in [0.2, 0.25) is 0 Å². The van der Waals surface area contributed by atoms with Crippen molar-refractivity contribution in [3.63, 3.8) is 0 Å². The van der Waals surface area contributed by atoms with E-state index in [-0.39, 0.29) is 11.9 Å². The lowest BCUT2D eigenvalue weighted by Crippen LogP contribution is -2.33. The van der Waals surface area contributed by atoms with E-state index in [2.05, 4.69) is 10.1 Å². The SMILES string of the molecule is NC1CCC2CN(C(=O)c3cccc(-n4cncn4)c3)CC12. The average molecular weight is 297 g/mol. The topological polar surface area (TPSA) is 77.0 Å². The minimum atomic E-state index is 0.0866. The first-order valence-corrected chi connectivity index (χ1v) is 7.72. The molecular weight excluding hydrogens is 278 g/mol. The summed E-state index contributed by atoms with van der Waals surface area (Å²) in [7, 11) is 0. The third-order valence-corrected chi connectivity index (χ3v) is 4.98. The number of hydrogen-bond donors (Lipinski definition) is 1. The Morgan fingerprint density at radius 3 is 2.95 bits per heavy atom. The minimum Gasteiger partial charge on any atom is -0.338 e.